The van der Waals surface area contributed by atoms with Crippen molar-refractivity contribution < 1.29 is 12.8 Å². The predicted octanol–water partition coefficient (Wildman–Crippen LogP) is 1.05. The molecule has 0 aliphatic rings. The molecular weight excluding hydrogens is 316 g/mol. The average molecular weight is 344 g/mol. The zero-order valence-corrected chi connectivity index (χ0v) is 15.0. The first-order valence-corrected chi connectivity index (χ1v) is 9.59. The second-order valence-electron chi connectivity index (χ2n) is 5.09. The van der Waals surface area contributed by atoms with Gasteiger partial charge in [0.05, 0.1) is 12.0 Å². The highest BCUT2D eigenvalue weighted by Crippen LogP contribution is 2.00. The fraction of sp³-hybridized carbons (Fsp3) is 0.667. The molecule has 0 bridgehead atoms. The molecule has 7 nitrogen and oxygen atoms in total. The molecule has 1 heterocycles. The normalized spacial score (nSPS) is 12.6. The van der Waals surface area contributed by atoms with Gasteiger partial charge in [0.1, 0.15) is 5.76 Å². The van der Waals surface area contributed by atoms with E-state index in [9.17, 15) is 8.42 Å². The molecule has 0 saturated carbocycles. The number of aliphatic imine (C=N–C) groups is 1. The first-order valence-electron chi connectivity index (χ1n) is 7.98. The van der Waals surface area contributed by atoms with Gasteiger partial charge in [-0.2, -0.15) is 0 Å². The van der Waals surface area contributed by atoms with Crippen molar-refractivity contribution >= 4 is 16.0 Å². The largest absolute Gasteiger partial charge is 0.469 e. The van der Waals surface area contributed by atoms with Crippen LogP contribution in [-0.2, 0) is 16.4 Å². The molecular formula is C15H28N4O3S. The third-order valence-electron chi connectivity index (χ3n) is 3.33. The molecule has 2 N–H and O–H groups in total. The minimum atomic E-state index is -3.11. The fourth-order valence-corrected chi connectivity index (χ4v) is 2.79. The van der Waals surface area contributed by atoms with Gasteiger partial charge in [-0.3, -0.25) is 4.99 Å². The molecule has 132 valence electrons. The summed E-state index contributed by atoms with van der Waals surface area (Å²) in [5.41, 5.74) is 0. The topological polar surface area (TPSA) is 86.9 Å². The summed E-state index contributed by atoms with van der Waals surface area (Å²) >= 11 is 0. The number of nitrogens with one attached hydrogen (secondary N) is 2. The molecule has 0 saturated heterocycles. The highest BCUT2D eigenvalue weighted by molar-refractivity contribution is 7.89. The molecule has 0 atom stereocenters. The van der Waals surface area contributed by atoms with E-state index in [1.807, 2.05) is 19.1 Å². The monoisotopic (exact) mass is 344 g/mol. The van der Waals surface area contributed by atoms with Gasteiger partial charge in [0.25, 0.3) is 0 Å². The quantitative estimate of drug-likeness (QED) is 0.376. The van der Waals surface area contributed by atoms with E-state index in [-0.39, 0.29) is 5.75 Å². The van der Waals surface area contributed by atoms with Crippen molar-refractivity contribution in [2.45, 2.75) is 26.7 Å². The Morgan fingerprint density at radius 2 is 2.13 bits per heavy atom. The Morgan fingerprint density at radius 3 is 2.74 bits per heavy atom. The van der Waals surface area contributed by atoms with E-state index in [0.29, 0.717) is 19.5 Å². The van der Waals surface area contributed by atoms with Gasteiger partial charge in [0.2, 0.25) is 10.0 Å². The van der Waals surface area contributed by atoms with Crippen LogP contribution in [0.1, 0.15) is 26.0 Å². The Morgan fingerprint density at radius 1 is 1.35 bits per heavy atom. The van der Waals surface area contributed by atoms with Gasteiger partial charge in [0.15, 0.2) is 5.96 Å². The fourth-order valence-electron chi connectivity index (χ4n) is 1.94. The second-order valence-corrected chi connectivity index (χ2v) is 7.46. The molecule has 0 radical (unpaired) electrons. The van der Waals surface area contributed by atoms with E-state index in [4.69, 9.17) is 4.42 Å². The summed E-state index contributed by atoms with van der Waals surface area (Å²) in [6.07, 6.45) is 3.13. The lowest BCUT2D eigenvalue weighted by Crippen LogP contribution is -2.38. The minimum absolute atomic E-state index is 0.129. The van der Waals surface area contributed by atoms with Crippen LogP contribution in [-0.4, -0.2) is 57.7 Å². The molecule has 23 heavy (non-hydrogen) atoms. The Hall–Kier alpha value is -1.54. The van der Waals surface area contributed by atoms with Gasteiger partial charge in [0, 0.05) is 39.6 Å². The minimum Gasteiger partial charge on any atom is -0.469 e. The van der Waals surface area contributed by atoms with Gasteiger partial charge in [-0.05, 0) is 32.4 Å². The zero-order chi connectivity index (χ0) is 17.1. The number of hydrogen-bond donors (Lipinski definition) is 2. The molecule has 0 aromatic carbocycles. The maximum absolute atomic E-state index is 11.6. The third-order valence-corrected chi connectivity index (χ3v) is 5.19. The van der Waals surface area contributed by atoms with Crippen LogP contribution in [0.15, 0.2) is 27.8 Å². The molecule has 1 aromatic heterocycles. The third kappa shape index (κ3) is 7.51. The summed E-state index contributed by atoms with van der Waals surface area (Å²) in [5.74, 6) is 1.80. The maximum Gasteiger partial charge on any atom is 0.213 e. The van der Waals surface area contributed by atoms with Crippen LogP contribution in [0, 0.1) is 0 Å². The summed E-state index contributed by atoms with van der Waals surface area (Å²) in [4.78, 5) is 4.45. The molecule has 0 amide bonds. The second kappa shape index (κ2) is 10.3. The Labute approximate surface area is 139 Å². The van der Waals surface area contributed by atoms with E-state index in [2.05, 4.69) is 15.6 Å². The lowest BCUT2D eigenvalue weighted by atomic mass is 10.3. The first kappa shape index (κ1) is 19.5. The summed E-state index contributed by atoms with van der Waals surface area (Å²) in [6.45, 7) is 6.20. The molecule has 8 heteroatoms. The van der Waals surface area contributed by atoms with E-state index >= 15 is 0 Å². The van der Waals surface area contributed by atoms with Gasteiger partial charge in [-0.25, -0.2) is 12.7 Å². The van der Waals surface area contributed by atoms with Crippen LogP contribution in [0.2, 0.25) is 0 Å². The van der Waals surface area contributed by atoms with Crippen LogP contribution in [0.5, 0.6) is 0 Å². The summed E-state index contributed by atoms with van der Waals surface area (Å²) in [6, 6.07) is 3.81. The van der Waals surface area contributed by atoms with Crippen molar-refractivity contribution in [1.82, 2.24) is 14.9 Å². The number of rotatable bonds is 10. The van der Waals surface area contributed by atoms with Crippen LogP contribution in [0.3, 0.4) is 0 Å². The molecule has 0 spiro atoms. The number of nitrogens with zero attached hydrogens (tertiary/aromatic N) is 2. The number of furan rings is 1. The van der Waals surface area contributed by atoms with Crippen LogP contribution in [0.25, 0.3) is 0 Å². The van der Waals surface area contributed by atoms with Crippen LogP contribution in [0.4, 0.5) is 0 Å². The van der Waals surface area contributed by atoms with Crippen molar-refractivity contribution in [3.8, 4) is 0 Å². The van der Waals surface area contributed by atoms with Crippen molar-refractivity contribution in [3.05, 3.63) is 24.2 Å². The number of hydrogen-bond acceptors (Lipinski definition) is 4. The van der Waals surface area contributed by atoms with E-state index in [1.165, 1.54) is 4.31 Å². The molecule has 0 fully saturated rings. The van der Waals surface area contributed by atoms with E-state index < -0.39 is 10.0 Å². The molecule has 0 aliphatic carbocycles. The molecule has 1 rings (SSSR count). The van der Waals surface area contributed by atoms with Crippen LogP contribution < -0.4 is 10.6 Å². The van der Waals surface area contributed by atoms with E-state index in [0.717, 1.165) is 31.2 Å². The Balaban J connectivity index is 2.33. The molecule has 0 aliphatic heterocycles. The van der Waals surface area contributed by atoms with Crippen molar-refractivity contribution in [3.63, 3.8) is 0 Å². The summed E-state index contributed by atoms with van der Waals surface area (Å²) < 4.78 is 29.9. The zero-order valence-electron chi connectivity index (χ0n) is 14.2. The number of sulfonamides is 1. The van der Waals surface area contributed by atoms with Gasteiger partial charge in [-0.15, -0.1) is 0 Å². The predicted molar refractivity (Wildman–Crippen MR) is 93.1 cm³/mol. The smallest absolute Gasteiger partial charge is 0.213 e. The SMILES string of the molecule is CCNC(=NCCCN(C)S(=O)(=O)CC)NCCc1ccco1. The summed E-state index contributed by atoms with van der Waals surface area (Å²) in [7, 11) is -1.50. The van der Waals surface area contributed by atoms with Gasteiger partial charge in [-0.1, -0.05) is 0 Å². The van der Waals surface area contributed by atoms with Crippen molar-refractivity contribution in [1.29, 1.82) is 0 Å². The lowest BCUT2D eigenvalue weighted by molar-refractivity contribution is 0.464. The van der Waals surface area contributed by atoms with Crippen molar-refractivity contribution in [2.24, 2.45) is 4.99 Å². The van der Waals surface area contributed by atoms with E-state index in [1.54, 1.807) is 20.2 Å². The summed E-state index contributed by atoms with van der Waals surface area (Å²) in [5, 5.41) is 6.40. The number of guanidine groups is 1. The van der Waals surface area contributed by atoms with Crippen molar-refractivity contribution in [2.75, 3.05) is 39.0 Å². The molecule has 1 aromatic rings. The molecule has 0 unspecified atom stereocenters. The Kier molecular flexibility index (Phi) is 8.71. The maximum atomic E-state index is 11.6. The van der Waals surface area contributed by atoms with Gasteiger partial charge < -0.3 is 15.1 Å². The standard InChI is InChI=1S/C15H28N4O3S/c1-4-16-15(18-11-9-14-8-6-13-22-14)17-10-7-12-19(3)23(20,21)5-2/h6,8,13H,4-5,7,9-12H2,1-3H3,(H2,16,17,18). The lowest BCUT2D eigenvalue weighted by Gasteiger charge is -2.15. The first-order chi connectivity index (χ1) is 11.0. The highest BCUT2D eigenvalue weighted by atomic mass is 32.2. The Bertz CT molecular complexity index is 555. The highest BCUT2D eigenvalue weighted by Gasteiger charge is 2.13. The van der Waals surface area contributed by atoms with Crippen LogP contribution >= 0.6 is 0 Å². The van der Waals surface area contributed by atoms with Gasteiger partial charge >= 0.3 is 0 Å². The average Bonchev–Trinajstić information content (AvgIpc) is 3.04.